The molecule has 142 valence electrons. The SMILES string of the molecule is C[C@H](NC(=O)CNC(=O)OC(C)(C)C)C(=O)Nc1ccccc1B(O)O. The van der Waals surface area contributed by atoms with E-state index in [-0.39, 0.29) is 17.7 Å². The number of anilines is 1. The van der Waals surface area contributed by atoms with Crippen LogP contribution >= 0.6 is 0 Å². The minimum absolute atomic E-state index is 0.131. The normalized spacial score (nSPS) is 11.9. The zero-order valence-corrected chi connectivity index (χ0v) is 15.2. The second-order valence-corrected chi connectivity index (χ2v) is 6.59. The summed E-state index contributed by atoms with van der Waals surface area (Å²) < 4.78 is 5.00. The summed E-state index contributed by atoms with van der Waals surface area (Å²) >= 11 is 0. The number of rotatable bonds is 6. The van der Waals surface area contributed by atoms with E-state index in [0.717, 1.165) is 0 Å². The van der Waals surface area contributed by atoms with Crippen LogP contribution < -0.4 is 21.4 Å². The van der Waals surface area contributed by atoms with Crippen molar-refractivity contribution in [3.05, 3.63) is 24.3 Å². The average Bonchev–Trinajstić information content (AvgIpc) is 2.51. The summed E-state index contributed by atoms with van der Waals surface area (Å²) in [5.41, 5.74) is -0.329. The van der Waals surface area contributed by atoms with Crippen molar-refractivity contribution in [3.8, 4) is 0 Å². The highest BCUT2D eigenvalue weighted by Gasteiger charge is 2.21. The fourth-order valence-electron chi connectivity index (χ4n) is 1.90. The van der Waals surface area contributed by atoms with Crippen molar-refractivity contribution in [1.29, 1.82) is 0 Å². The molecule has 9 nitrogen and oxygen atoms in total. The number of alkyl carbamates (subject to hydrolysis) is 1. The third kappa shape index (κ3) is 7.54. The van der Waals surface area contributed by atoms with Gasteiger partial charge < -0.3 is 30.7 Å². The summed E-state index contributed by atoms with van der Waals surface area (Å²) in [5, 5.41) is 25.8. The Bertz CT molecular complexity index is 660. The maximum absolute atomic E-state index is 12.1. The minimum Gasteiger partial charge on any atom is -0.444 e. The van der Waals surface area contributed by atoms with Gasteiger partial charge in [-0.2, -0.15) is 0 Å². The fraction of sp³-hybridized carbons (Fsp3) is 0.438. The van der Waals surface area contributed by atoms with Gasteiger partial charge in [0.1, 0.15) is 18.2 Å². The van der Waals surface area contributed by atoms with E-state index in [1.54, 1.807) is 32.9 Å². The highest BCUT2D eigenvalue weighted by Crippen LogP contribution is 2.06. The van der Waals surface area contributed by atoms with Crippen LogP contribution in [-0.4, -0.2) is 53.3 Å². The Labute approximate surface area is 152 Å². The molecule has 10 heteroatoms. The number of hydrogen-bond acceptors (Lipinski definition) is 6. The van der Waals surface area contributed by atoms with Crippen molar-refractivity contribution >= 4 is 36.2 Å². The lowest BCUT2D eigenvalue weighted by molar-refractivity contribution is -0.125. The summed E-state index contributed by atoms with van der Waals surface area (Å²) in [6, 6.07) is 5.26. The van der Waals surface area contributed by atoms with Crippen LogP contribution in [0.25, 0.3) is 0 Å². The van der Waals surface area contributed by atoms with Gasteiger partial charge in [0.25, 0.3) is 0 Å². The number of carbonyl (C=O) groups is 3. The molecule has 0 bridgehead atoms. The van der Waals surface area contributed by atoms with Crippen LogP contribution in [0.5, 0.6) is 0 Å². The molecule has 1 atom stereocenters. The van der Waals surface area contributed by atoms with E-state index in [4.69, 9.17) is 4.74 Å². The molecule has 5 N–H and O–H groups in total. The summed E-state index contributed by atoms with van der Waals surface area (Å²) in [7, 11) is -1.74. The van der Waals surface area contributed by atoms with Crippen LogP contribution in [0.2, 0.25) is 0 Å². The van der Waals surface area contributed by atoms with E-state index >= 15 is 0 Å². The van der Waals surface area contributed by atoms with Gasteiger partial charge in [-0.05, 0) is 33.8 Å². The van der Waals surface area contributed by atoms with E-state index in [1.807, 2.05) is 0 Å². The maximum atomic E-state index is 12.1. The van der Waals surface area contributed by atoms with Crippen LogP contribution in [0.4, 0.5) is 10.5 Å². The summed E-state index contributed by atoms with van der Waals surface area (Å²) in [4.78, 5) is 35.4. The van der Waals surface area contributed by atoms with Gasteiger partial charge >= 0.3 is 13.2 Å². The second-order valence-electron chi connectivity index (χ2n) is 6.59. The van der Waals surface area contributed by atoms with Gasteiger partial charge in [0.05, 0.1) is 0 Å². The minimum atomic E-state index is -1.74. The quantitative estimate of drug-likeness (QED) is 0.424. The average molecular weight is 365 g/mol. The van der Waals surface area contributed by atoms with Gasteiger partial charge in [-0.3, -0.25) is 9.59 Å². The van der Waals surface area contributed by atoms with Gasteiger partial charge in [0, 0.05) is 11.2 Å². The topological polar surface area (TPSA) is 137 Å². The largest absolute Gasteiger partial charge is 0.490 e. The molecule has 1 aromatic carbocycles. The first-order chi connectivity index (χ1) is 12.0. The molecule has 0 saturated carbocycles. The van der Waals surface area contributed by atoms with E-state index in [0.29, 0.717) is 0 Å². The Kier molecular flexibility index (Phi) is 7.60. The van der Waals surface area contributed by atoms with Crippen molar-refractivity contribution < 1.29 is 29.2 Å². The van der Waals surface area contributed by atoms with E-state index in [9.17, 15) is 24.4 Å². The zero-order valence-electron chi connectivity index (χ0n) is 15.2. The molecule has 0 aliphatic heterocycles. The standard InChI is InChI=1S/C16H24BN3O6/c1-10(19-13(21)9-18-15(23)26-16(2,3)4)14(22)20-12-8-6-5-7-11(12)17(24)25/h5-8,10,24-25H,9H2,1-4H3,(H,18,23)(H,19,21)(H,20,22)/t10-/m0/s1. The van der Waals surface area contributed by atoms with Crippen LogP contribution in [0, 0.1) is 0 Å². The van der Waals surface area contributed by atoms with E-state index in [1.165, 1.54) is 19.1 Å². The monoisotopic (exact) mass is 365 g/mol. The molecule has 3 amide bonds. The molecule has 0 unspecified atom stereocenters. The van der Waals surface area contributed by atoms with Gasteiger partial charge in [-0.15, -0.1) is 0 Å². The molecule has 0 aliphatic carbocycles. The third-order valence-corrected chi connectivity index (χ3v) is 3.06. The third-order valence-electron chi connectivity index (χ3n) is 3.06. The van der Waals surface area contributed by atoms with Gasteiger partial charge in [-0.1, -0.05) is 18.2 Å². The van der Waals surface area contributed by atoms with E-state index in [2.05, 4.69) is 16.0 Å². The number of hydrogen-bond donors (Lipinski definition) is 5. The van der Waals surface area contributed by atoms with Crippen molar-refractivity contribution in [3.63, 3.8) is 0 Å². The molecule has 0 aromatic heterocycles. The van der Waals surface area contributed by atoms with Crippen molar-refractivity contribution in [2.75, 3.05) is 11.9 Å². The molecule has 26 heavy (non-hydrogen) atoms. The van der Waals surface area contributed by atoms with Crippen LogP contribution in [0.15, 0.2) is 24.3 Å². The number of ether oxygens (including phenoxy) is 1. The molecule has 0 spiro atoms. The lowest BCUT2D eigenvalue weighted by Crippen LogP contribution is -2.47. The molecular weight excluding hydrogens is 341 g/mol. The van der Waals surface area contributed by atoms with Crippen molar-refractivity contribution in [2.24, 2.45) is 0 Å². The van der Waals surface area contributed by atoms with Crippen LogP contribution in [0.1, 0.15) is 27.7 Å². The number of nitrogens with one attached hydrogen (secondary N) is 3. The number of benzene rings is 1. The lowest BCUT2D eigenvalue weighted by atomic mass is 9.79. The Balaban J connectivity index is 2.52. The van der Waals surface area contributed by atoms with Gasteiger partial charge in [-0.25, -0.2) is 4.79 Å². The fourth-order valence-corrected chi connectivity index (χ4v) is 1.90. The molecule has 1 aromatic rings. The van der Waals surface area contributed by atoms with Crippen LogP contribution in [-0.2, 0) is 14.3 Å². The molecule has 1 rings (SSSR count). The first-order valence-corrected chi connectivity index (χ1v) is 8.01. The molecule has 0 aliphatic rings. The van der Waals surface area contributed by atoms with Gasteiger partial charge in [0.2, 0.25) is 11.8 Å². The van der Waals surface area contributed by atoms with Gasteiger partial charge in [0.15, 0.2) is 0 Å². The number of amides is 3. The van der Waals surface area contributed by atoms with Crippen molar-refractivity contribution in [2.45, 2.75) is 39.3 Å². The molecule has 0 fully saturated rings. The predicted molar refractivity (Wildman–Crippen MR) is 96.7 cm³/mol. The maximum Gasteiger partial charge on any atom is 0.490 e. The predicted octanol–water partition coefficient (Wildman–Crippen LogP) is -0.666. The molecular formula is C16H24BN3O6. The number of para-hydroxylation sites is 1. The molecule has 0 radical (unpaired) electrons. The Morgan fingerprint density at radius 1 is 1.19 bits per heavy atom. The molecule has 0 heterocycles. The Morgan fingerprint density at radius 3 is 2.38 bits per heavy atom. The summed E-state index contributed by atoms with van der Waals surface area (Å²) in [6.45, 7) is 6.19. The Morgan fingerprint density at radius 2 is 1.81 bits per heavy atom. The zero-order chi connectivity index (χ0) is 19.9. The first-order valence-electron chi connectivity index (χ1n) is 8.01. The smallest absolute Gasteiger partial charge is 0.444 e. The number of carbonyl (C=O) groups excluding carboxylic acids is 3. The van der Waals surface area contributed by atoms with E-state index < -0.39 is 36.7 Å². The second kappa shape index (κ2) is 9.21. The first kappa shape index (κ1) is 21.5. The molecule has 0 saturated heterocycles. The summed E-state index contributed by atoms with van der Waals surface area (Å²) in [6.07, 6.45) is -0.740. The highest BCUT2D eigenvalue weighted by atomic mass is 16.6. The van der Waals surface area contributed by atoms with Crippen molar-refractivity contribution in [1.82, 2.24) is 10.6 Å². The van der Waals surface area contributed by atoms with Crippen LogP contribution in [0.3, 0.4) is 0 Å². The summed E-state index contributed by atoms with van der Waals surface area (Å²) in [5.74, 6) is -1.13. The lowest BCUT2D eigenvalue weighted by Gasteiger charge is -2.20. The highest BCUT2D eigenvalue weighted by molar-refractivity contribution is 6.60. The Hall–Kier alpha value is -2.59.